The van der Waals surface area contributed by atoms with Gasteiger partial charge in [-0.25, -0.2) is 0 Å². The SMILES string of the molecule is CCCCC(C)CCCCCCCC(C)(C)C. The van der Waals surface area contributed by atoms with Crippen molar-refractivity contribution in [2.75, 3.05) is 0 Å². The Morgan fingerprint density at radius 1 is 0.765 bits per heavy atom. The summed E-state index contributed by atoms with van der Waals surface area (Å²) in [6.07, 6.45) is 14.3. The van der Waals surface area contributed by atoms with E-state index in [4.69, 9.17) is 0 Å². The molecule has 1 atom stereocenters. The molecule has 104 valence electrons. The molecule has 0 saturated heterocycles. The molecule has 0 amide bonds. The van der Waals surface area contributed by atoms with Crippen LogP contribution in [0.4, 0.5) is 0 Å². The molecular formula is C17H36. The third-order valence-corrected chi connectivity index (χ3v) is 3.67. The van der Waals surface area contributed by atoms with Crippen LogP contribution < -0.4 is 0 Å². The molecule has 17 heavy (non-hydrogen) atoms. The second-order valence-electron chi connectivity index (χ2n) is 7.11. The van der Waals surface area contributed by atoms with Crippen molar-refractivity contribution in [1.29, 1.82) is 0 Å². The van der Waals surface area contributed by atoms with E-state index in [1.54, 1.807) is 0 Å². The van der Waals surface area contributed by atoms with Gasteiger partial charge in [-0.2, -0.15) is 0 Å². The van der Waals surface area contributed by atoms with Crippen molar-refractivity contribution < 1.29 is 0 Å². The molecule has 0 saturated carbocycles. The van der Waals surface area contributed by atoms with Crippen LogP contribution in [-0.2, 0) is 0 Å². The molecular weight excluding hydrogens is 204 g/mol. The van der Waals surface area contributed by atoms with E-state index in [1.807, 2.05) is 0 Å². The minimum Gasteiger partial charge on any atom is -0.0654 e. The van der Waals surface area contributed by atoms with Crippen molar-refractivity contribution in [3.63, 3.8) is 0 Å². The minimum atomic E-state index is 0.536. The Kier molecular flexibility index (Phi) is 9.97. The summed E-state index contributed by atoms with van der Waals surface area (Å²) in [5.74, 6) is 0.963. The number of hydrogen-bond acceptors (Lipinski definition) is 0. The lowest BCUT2D eigenvalue weighted by molar-refractivity contribution is 0.355. The number of unbranched alkanes of at least 4 members (excludes halogenated alkanes) is 5. The summed E-state index contributed by atoms with van der Waals surface area (Å²) >= 11 is 0. The highest BCUT2D eigenvalue weighted by Gasteiger charge is 2.08. The lowest BCUT2D eigenvalue weighted by atomic mass is 9.89. The molecule has 0 spiro atoms. The minimum absolute atomic E-state index is 0.536. The molecule has 0 heteroatoms. The zero-order valence-electron chi connectivity index (χ0n) is 13.1. The van der Waals surface area contributed by atoms with Crippen molar-refractivity contribution in [1.82, 2.24) is 0 Å². The lowest BCUT2D eigenvalue weighted by Crippen LogP contribution is -2.03. The maximum absolute atomic E-state index is 2.43. The van der Waals surface area contributed by atoms with Crippen LogP contribution in [0.3, 0.4) is 0 Å². The van der Waals surface area contributed by atoms with E-state index in [2.05, 4.69) is 34.6 Å². The van der Waals surface area contributed by atoms with Gasteiger partial charge in [0.25, 0.3) is 0 Å². The molecule has 0 heterocycles. The normalized spacial score (nSPS) is 13.9. The van der Waals surface area contributed by atoms with E-state index in [1.165, 1.54) is 64.2 Å². The van der Waals surface area contributed by atoms with Gasteiger partial charge in [0, 0.05) is 0 Å². The first kappa shape index (κ1) is 17.0. The predicted octanol–water partition coefficient (Wildman–Crippen LogP) is 6.59. The summed E-state index contributed by atoms with van der Waals surface area (Å²) in [4.78, 5) is 0. The maximum Gasteiger partial charge on any atom is -0.0383 e. The molecule has 0 aliphatic heterocycles. The van der Waals surface area contributed by atoms with Crippen LogP contribution in [-0.4, -0.2) is 0 Å². The molecule has 0 aromatic carbocycles. The summed E-state index contributed by atoms with van der Waals surface area (Å²) in [5.41, 5.74) is 0.536. The van der Waals surface area contributed by atoms with Crippen LogP contribution in [0.15, 0.2) is 0 Å². The van der Waals surface area contributed by atoms with Crippen LogP contribution in [0, 0.1) is 11.3 Å². The quantitative estimate of drug-likeness (QED) is 0.378. The van der Waals surface area contributed by atoms with E-state index in [0.717, 1.165) is 5.92 Å². The molecule has 0 aliphatic rings. The summed E-state index contributed by atoms with van der Waals surface area (Å²) in [6, 6.07) is 0. The number of rotatable bonds is 10. The molecule has 0 fully saturated rings. The molecule has 0 rings (SSSR count). The molecule has 1 unspecified atom stereocenters. The second-order valence-corrected chi connectivity index (χ2v) is 7.11. The van der Waals surface area contributed by atoms with Gasteiger partial charge in [-0.05, 0) is 17.8 Å². The van der Waals surface area contributed by atoms with Crippen LogP contribution >= 0.6 is 0 Å². The summed E-state index contributed by atoms with van der Waals surface area (Å²) in [7, 11) is 0. The monoisotopic (exact) mass is 240 g/mol. The first-order chi connectivity index (χ1) is 7.95. The lowest BCUT2D eigenvalue weighted by Gasteiger charge is -2.17. The van der Waals surface area contributed by atoms with E-state index in [0.29, 0.717) is 5.41 Å². The van der Waals surface area contributed by atoms with Crippen LogP contribution in [0.1, 0.15) is 98.8 Å². The number of hydrogen-bond donors (Lipinski definition) is 0. The molecule has 0 aromatic rings. The molecule has 0 N–H and O–H groups in total. The van der Waals surface area contributed by atoms with E-state index in [9.17, 15) is 0 Å². The first-order valence-corrected chi connectivity index (χ1v) is 7.95. The largest absolute Gasteiger partial charge is 0.0654 e. The third kappa shape index (κ3) is 13.9. The Labute approximate surface area is 111 Å². The third-order valence-electron chi connectivity index (χ3n) is 3.67. The average molecular weight is 240 g/mol. The van der Waals surface area contributed by atoms with Crippen molar-refractivity contribution in [3.8, 4) is 0 Å². The summed E-state index contributed by atoms with van der Waals surface area (Å²) in [5, 5.41) is 0. The fraction of sp³-hybridized carbons (Fsp3) is 1.00. The van der Waals surface area contributed by atoms with Crippen molar-refractivity contribution in [3.05, 3.63) is 0 Å². The second kappa shape index (κ2) is 9.97. The van der Waals surface area contributed by atoms with Gasteiger partial charge in [0.2, 0.25) is 0 Å². The Morgan fingerprint density at radius 3 is 1.88 bits per heavy atom. The van der Waals surface area contributed by atoms with Crippen molar-refractivity contribution in [2.45, 2.75) is 98.8 Å². The molecule has 0 aromatic heterocycles. The molecule has 0 bridgehead atoms. The van der Waals surface area contributed by atoms with E-state index < -0.39 is 0 Å². The average Bonchev–Trinajstić information content (AvgIpc) is 2.23. The van der Waals surface area contributed by atoms with Gasteiger partial charge in [0.1, 0.15) is 0 Å². The Balaban J connectivity index is 3.18. The standard InChI is InChI=1S/C17H36/c1-6-7-13-16(2)14-11-9-8-10-12-15-17(3,4)5/h16H,6-15H2,1-5H3. The molecule has 0 radical (unpaired) electrons. The van der Waals surface area contributed by atoms with E-state index in [-0.39, 0.29) is 0 Å². The highest BCUT2D eigenvalue weighted by molar-refractivity contribution is 4.61. The smallest absolute Gasteiger partial charge is 0.0383 e. The maximum atomic E-state index is 2.43. The highest BCUT2D eigenvalue weighted by Crippen LogP contribution is 2.23. The van der Waals surface area contributed by atoms with Gasteiger partial charge < -0.3 is 0 Å². The van der Waals surface area contributed by atoms with Crippen LogP contribution in [0.2, 0.25) is 0 Å². The van der Waals surface area contributed by atoms with E-state index >= 15 is 0 Å². The Bertz CT molecular complexity index is 152. The zero-order valence-corrected chi connectivity index (χ0v) is 13.1. The molecule has 0 aliphatic carbocycles. The van der Waals surface area contributed by atoms with Crippen LogP contribution in [0.25, 0.3) is 0 Å². The fourth-order valence-electron chi connectivity index (χ4n) is 2.38. The summed E-state index contributed by atoms with van der Waals surface area (Å²) in [6.45, 7) is 11.8. The zero-order chi connectivity index (χ0) is 13.1. The topological polar surface area (TPSA) is 0 Å². The first-order valence-electron chi connectivity index (χ1n) is 7.95. The van der Waals surface area contributed by atoms with Gasteiger partial charge in [-0.1, -0.05) is 92.4 Å². The fourth-order valence-corrected chi connectivity index (χ4v) is 2.38. The van der Waals surface area contributed by atoms with Crippen molar-refractivity contribution >= 4 is 0 Å². The Morgan fingerprint density at radius 2 is 1.29 bits per heavy atom. The van der Waals surface area contributed by atoms with Crippen molar-refractivity contribution in [2.24, 2.45) is 11.3 Å². The van der Waals surface area contributed by atoms with Gasteiger partial charge in [-0.3, -0.25) is 0 Å². The predicted molar refractivity (Wildman–Crippen MR) is 80.5 cm³/mol. The van der Waals surface area contributed by atoms with Gasteiger partial charge in [0.05, 0.1) is 0 Å². The molecule has 0 nitrogen and oxygen atoms in total. The summed E-state index contributed by atoms with van der Waals surface area (Å²) < 4.78 is 0. The van der Waals surface area contributed by atoms with Gasteiger partial charge in [-0.15, -0.1) is 0 Å². The Hall–Kier alpha value is 0. The van der Waals surface area contributed by atoms with Gasteiger partial charge >= 0.3 is 0 Å². The highest BCUT2D eigenvalue weighted by atomic mass is 14.1. The van der Waals surface area contributed by atoms with Gasteiger partial charge in [0.15, 0.2) is 0 Å². The van der Waals surface area contributed by atoms with Crippen LogP contribution in [0.5, 0.6) is 0 Å².